The highest BCUT2D eigenvalue weighted by Gasteiger charge is 2.25. The molecule has 1 saturated heterocycles. The van der Waals surface area contributed by atoms with Gasteiger partial charge in [0.1, 0.15) is 5.82 Å². The van der Waals surface area contributed by atoms with Gasteiger partial charge in [0.2, 0.25) is 0 Å². The zero-order valence-corrected chi connectivity index (χ0v) is 11.6. The van der Waals surface area contributed by atoms with Gasteiger partial charge in [-0.15, -0.1) is 0 Å². The standard InChI is InChI=1S/C14H21N5/c1-11(2)19-8-6-15-14(19)10-18-7-4-12(9-18)13-3-5-16-17-13/h3,5-6,8,11-12H,4,7,9-10H2,1-2H3,(H,16,17)/t12-/m1/s1. The molecule has 0 spiro atoms. The van der Waals surface area contributed by atoms with E-state index in [1.54, 1.807) is 0 Å². The summed E-state index contributed by atoms with van der Waals surface area (Å²) in [6.45, 7) is 7.56. The maximum absolute atomic E-state index is 4.49. The van der Waals surface area contributed by atoms with Crippen LogP contribution in [0, 0.1) is 0 Å². The van der Waals surface area contributed by atoms with Crippen molar-refractivity contribution in [2.45, 2.75) is 38.8 Å². The molecule has 0 aliphatic carbocycles. The predicted molar refractivity (Wildman–Crippen MR) is 73.8 cm³/mol. The van der Waals surface area contributed by atoms with E-state index in [9.17, 15) is 0 Å². The quantitative estimate of drug-likeness (QED) is 0.915. The second-order valence-electron chi connectivity index (χ2n) is 5.58. The highest BCUT2D eigenvalue weighted by Crippen LogP contribution is 2.26. The van der Waals surface area contributed by atoms with E-state index in [2.05, 4.69) is 50.8 Å². The van der Waals surface area contributed by atoms with Crippen LogP contribution in [-0.2, 0) is 6.54 Å². The number of aromatic nitrogens is 4. The Labute approximate surface area is 113 Å². The van der Waals surface area contributed by atoms with Gasteiger partial charge in [-0.05, 0) is 32.9 Å². The first-order valence-corrected chi connectivity index (χ1v) is 6.97. The molecule has 0 aromatic carbocycles. The summed E-state index contributed by atoms with van der Waals surface area (Å²) in [5.74, 6) is 1.75. The van der Waals surface area contributed by atoms with E-state index in [-0.39, 0.29) is 0 Å². The highest BCUT2D eigenvalue weighted by molar-refractivity contribution is 5.09. The largest absolute Gasteiger partial charge is 0.331 e. The number of imidazole rings is 1. The van der Waals surface area contributed by atoms with E-state index in [4.69, 9.17) is 0 Å². The van der Waals surface area contributed by atoms with Crippen LogP contribution in [0.5, 0.6) is 0 Å². The third-order valence-corrected chi connectivity index (χ3v) is 3.90. The number of H-pyrrole nitrogens is 1. The minimum Gasteiger partial charge on any atom is -0.331 e. The molecule has 1 N–H and O–H groups in total. The molecule has 3 rings (SSSR count). The summed E-state index contributed by atoms with van der Waals surface area (Å²) >= 11 is 0. The highest BCUT2D eigenvalue weighted by atomic mass is 15.2. The van der Waals surface area contributed by atoms with Gasteiger partial charge in [-0.2, -0.15) is 5.10 Å². The van der Waals surface area contributed by atoms with Gasteiger partial charge in [0.05, 0.1) is 6.54 Å². The second kappa shape index (κ2) is 5.17. The molecule has 19 heavy (non-hydrogen) atoms. The van der Waals surface area contributed by atoms with Gasteiger partial charge in [0.15, 0.2) is 0 Å². The monoisotopic (exact) mass is 259 g/mol. The first kappa shape index (κ1) is 12.4. The normalized spacial score (nSPS) is 20.5. The van der Waals surface area contributed by atoms with Crippen LogP contribution in [-0.4, -0.2) is 37.7 Å². The van der Waals surface area contributed by atoms with Crippen LogP contribution in [0.25, 0.3) is 0 Å². The van der Waals surface area contributed by atoms with Crippen LogP contribution in [0.2, 0.25) is 0 Å². The summed E-state index contributed by atoms with van der Waals surface area (Å²) in [5.41, 5.74) is 1.26. The van der Waals surface area contributed by atoms with Crippen molar-refractivity contribution in [2.24, 2.45) is 0 Å². The molecule has 1 atom stereocenters. The molecule has 5 nitrogen and oxygen atoms in total. The fraction of sp³-hybridized carbons (Fsp3) is 0.571. The van der Waals surface area contributed by atoms with Crippen LogP contribution in [0.4, 0.5) is 0 Å². The van der Waals surface area contributed by atoms with Crippen molar-refractivity contribution in [3.63, 3.8) is 0 Å². The first-order chi connectivity index (χ1) is 9.24. The maximum atomic E-state index is 4.49. The molecule has 5 heteroatoms. The molecule has 1 fully saturated rings. The minimum absolute atomic E-state index is 0.475. The number of aromatic amines is 1. The molecule has 0 amide bonds. The second-order valence-corrected chi connectivity index (χ2v) is 5.58. The Kier molecular flexibility index (Phi) is 3.38. The van der Waals surface area contributed by atoms with Gasteiger partial charge >= 0.3 is 0 Å². The lowest BCUT2D eigenvalue weighted by atomic mass is 10.1. The Morgan fingerprint density at radius 1 is 1.42 bits per heavy atom. The zero-order chi connectivity index (χ0) is 13.2. The molecule has 0 bridgehead atoms. The van der Waals surface area contributed by atoms with Crippen LogP contribution in [0.15, 0.2) is 24.7 Å². The van der Waals surface area contributed by atoms with E-state index < -0.39 is 0 Å². The van der Waals surface area contributed by atoms with Gasteiger partial charge in [-0.25, -0.2) is 4.98 Å². The summed E-state index contributed by atoms with van der Waals surface area (Å²) in [4.78, 5) is 6.97. The molecular formula is C14H21N5. The molecule has 0 unspecified atom stereocenters. The zero-order valence-electron chi connectivity index (χ0n) is 11.6. The lowest BCUT2D eigenvalue weighted by Crippen LogP contribution is -2.22. The lowest BCUT2D eigenvalue weighted by Gasteiger charge is -2.18. The van der Waals surface area contributed by atoms with E-state index in [1.165, 1.54) is 17.9 Å². The number of nitrogens with zero attached hydrogens (tertiary/aromatic N) is 4. The number of rotatable bonds is 4. The van der Waals surface area contributed by atoms with E-state index >= 15 is 0 Å². The lowest BCUT2D eigenvalue weighted by molar-refractivity contribution is 0.309. The summed E-state index contributed by atoms with van der Waals surface area (Å²) in [7, 11) is 0. The van der Waals surface area contributed by atoms with Crippen LogP contribution in [0.3, 0.4) is 0 Å². The summed E-state index contributed by atoms with van der Waals surface area (Å²) in [6.07, 6.45) is 7.01. The SMILES string of the molecule is CC(C)n1ccnc1CN1CC[C@@H](c2ccn[nH]2)C1. The molecule has 2 aromatic rings. The number of hydrogen-bond acceptors (Lipinski definition) is 3. The first-order valence-electron chi connectivity index (χ1n) is 6.97. The Bertz CT molecular complexity index is 514. The fourth-order valence-corrected chi connectivity index (χ4v) is 2.86. The van der Waals surface area contributed by atoms with Gasteiger partial charge in [-0.3, -0.25) is 10.00 Å². The van der Waals surface area contributed by atoms with Gasteiger partial charge in [0.25, 0.3) is 0 Å². The Balaban J connectivity index is 1.64. The van der Waals surface area contributed by atoms with E-state index in [1.807, 2.05) is 12.4 Å². The van der Waals surface area contributed by atoms with Gasteiger partial charge in [0, 0.05) is 42.8 Å². The van der Waals surface area contributed by atoms with Crippen LogP contribution >= 0.6 is 0 Å². The van der Waals surface area contributed by atoms with Crippen molar-refractivity contribution in [1.29, 1.82) is 0 Å². The van der Waals surface area contributed by atoms with Crippen LogP contribution < -0.4 is 0 Å². The van der Waals surface area contributed by atoms with Crippen molar-refractivity contribution < 1.29 is 0 Å². The third kappa shape index (κ3) is 2.56. The molecule has 2 aromatic heterocycles. The Morgan fingerprint density at radius 2 is 2.32 bits per heavy atom. The van der Waals surface area contributed by atoms with Crippen molar-refractivity contribution in [2.75, 3.05) is 13.1 Å². The predicted octanol–water partition coefficient (Wildman–Crippen LogP) is 2.18. The maximum Gasteiger partial charge on any atom is 0.123 e. The molecule has 3 heterocycles. The van der Waals surface area contributed by atoms with E-state index in [0.29, 0.717) is 12.0 Å². The van der Waals surface area contributed by atoms with Crippen molar-refractivity contribution >= 4 is 0 Å². The molecule has 102 valence electrons. The third-order valence-electron chi connectivity index (χ3n) is 3.90. The van der Waals surface area contributed by atoms with Gasteiger partial charge < -0.3 is 4.57 Å². The van der Waals surface area contributed by atoms with Crippen molar-refractivity contribution in [3.8, 4) is 0 Å². The topological polar surface area (TPSA) is 49.7 Å². The molecule has 0 radical (unpaired) electrons. The smallest absolute Gasteiger partial charge is 0.123 e. The number of nitrogens with one attached hydrogen (secondary N) is 1. The van der Waals surface area contributed by atoms with E-state index in [0.717, 1.165) is 19.6 Å². The number of hydrogen-bond donors (Lipinski definition) is 1. The minimum atomic E-state index is 0.475. The van der Waals surface area contributed by atoms with Crippen LogP contribution in [0.1, 0.15) is 43.7 Å². The summed E-state index contributed by atoms with van der Waals surface area (Å²) in [5, 5.41) is 7.14. The molecular weight excluding hydrogens is 238 g/mol. The molecule has 1 aliphatic rings. The molecule has 1 aliphatic heterocycles. The average molecular weight is 259 g/mol. The summed E-state index contributed by atoms with van der Waals surface area (Å²) < 4.78 is 2.25. The Morgan fingerprint density at radius 3 is 3.05 bits per heavy atom. The summed E-state index contributed by atoms with van der Waals surface area (Å²) in [6, 6.07) is 2.56. The molecule has 0 saturated carbocycles. The van der Waals surface area contributed by atoms with Crippen molar-refractivity contribution in [1.82, 2.24) is 24.6 Å². The Hall–Kier alpha value is -1.62. The van der Waals surface area contributed by atoms with Crippen molar-refractivity contribution in [3.05, 3.63) is 36.2 Å². The number of likely N-dealkylation sites (tertiary alicyclic amines) is 1. The fourth-order valence-electron chi connectivity index (χ4n) is 2.86. The average Bonchev–Trinajstić information content (AvgIpc) is 3.09. The van der Waals surface area contributed by atoms with Gasteiger partial charge in [-0.1, -0.05) is 0 Å².